The number of aryl methyl sites for hydroxylation is 1. The quantitative estimate of drug-likeness (QED) is 0.595. The predicted octanol–water partition coefficient (Wildman–Crippen LogP) is 3.94. The van der Waals surface area contributed by atoms with Gasteiger partial charge in [0, 0.05) is 37.2 Å². The summed E-state index contributed by atoms with van der Waals surface area (Å²) >= 11 is 0. The monoisotopic (exact) mass is 364 g/mol. The molecule has 4 rings (SSSR count). The Morgan fingerprint density at radius 2 is 2.00 bits per heavy atom. The number of benzene rings is 2. The Bertz CT molecular complexity index is 1110. The highest BCUT2D eigenvalue weighted by molar-refractivity contribution is 5.97. The number of hydrogen-bond acceptors (Lipinski definition) is 4. The molecule has 2 aromatic heterocycles. The van der Waals surface area contributed by atoms with Crippen molar-refractivity contribution in [3.63, 3.8) is 0 Å². The highest BCUT2D eigenvalue weighted by atomic mass is 19.1. The number of halogens is 1. The van der Waals surface area contributed by atoms with Crippen LogP contribution in [0.3, 0.4) is 0 Å². The fraction of sp³-hybridized carbons (Fsp3) is 0.150. The van der Waals surface area contributed by atoms with E-state index in [2.05, 4.69) is 15.2 Å². The number of amides is 1. The molecule has 0 aliphatic rings. The number of hydrogen-bond donors (Lipinski definition) is 1. The molecule has 2 aromatic carbocycles. The Balaban J connectivity index is 1.56. The van der Waals surface area contributed by atoms with Crippen LogP contribution in [0.15, 0.2) is 53.1 Å². The Morgan fingerprint density at radius 1 is 1.22 bits per heavy atom. The van der Waals surface area contributed by atoms with Crippen LogP contribution in [0.5, 0.6) is 0 Å². The molecule has 0 radical (unpaired) electrons. The van der Waals surface area contributed by atoms with E-state index in [9.17, 15) is 9.18 Å². The van der Waals surface area contributed by atoms with E-state index in [1.54, 1.807) is 55.4 Å². The van der Waals surface area contributed by atoms with E-state index in [0.29, 0.717) is 23.6 Å². The van der Waals surface area contributed by atoms with Crippen LogP contribution < -0.4 is 0 Å². The second-order valence-electron chi connectivity index (χ2n) is 6.35. The molecule has 0 bridgehead atoms. The third kappa shape index (κ3) is 3.31. The molecule has 0 aliphatic carbocycles. The van der Waals surface area contributed by atoms with Gasteiger partial charge in [-0.25, -0.2) is 9.37 Å². The summed E-state index contributed by atoms with van der Waals surface area (Å²) in [5.74, 6) is 0.118. The van der Waals surface area contributed by atoms with E-state index in [0.717, 1.165) is 22.3 Å². The highest BCUT2D eigenvalue weighted by Gasteiger charge is 2.17. The molecule has 7 heteroatoms. The van der Waals surface area contributed by atoms with Crippen molar-refractivity contribution in [3.8, 4) is 11.3 Å². The lowest BCUT2D eigenvalue weighted by atomic mass is 10.1. The van der Waals surface area contributed by atoms with Crippen molar-refractivity contribution < 1.29 is 13.6 Å². The molecule has 0 atom stereocenters. The van der Waals surface area contributed by atoms with Gasteiger partial charge in [0.2, 0.25) is 0 Å². The van der Waals surface area contributed by atoms with Crippen LogP contribution in [0.1, 0.15) is 21.8 Å². The summed E-state index contributed by atoms with van der Waals surface area (Å²) in [5.41, 5.74) is 4.24. The van der Waals surface area contributed by atoms with Crippen molar-refractivity contribution in [2.24, 2.45) is 0 Å². The van der Waals surface area contributed by atoms with Crippen LogP contribution >= 0.6 is 0 Å². The number of aromatic nitrogens is 3. The van der Waals surface area contributed by atoms with E-state index in [-0.39, 0.29) is 11.7 Å². The average molecular weight is 364 g/mol. The number of carbonyl (C=O) groups is 1. The summed E-state index contributed by atoms with van der Waals surface area (Å²) in [5, 5.41) is 6.99. The normalized spacial score (nSPS) is 11.1. The molecule has 0 saturated heterocycles. The van der Waals surface area contributed by atoms with Crippen LogP contribution in [0.25, 0.3) is 22.4 Å². The summed E-state index contributed by atoms with van der Waals surface area (Å²) < 4.78 is 18.7. The molecule has 4 aromatic rings. The van der Waals surface area contributed by atoms with Crippen LogP contribution in [-0.4, -0.2) is 33.0 Å². The molecule has 27 heavy (non-hydrogen) atoms. The van der Waals surface area contributed by atoms with Crippen LogP contribution in [0.4, 0.5) is 4.39 Å². The SMILES string of the molecule is Cc1nc2ccc(C(=O)N(C)Cc3cn[nH]c3-c3ccc(F)cc3)cc2o1. The molecule has 0 fully saturated rings. The van der Waals surface area contributed by atoms with Crippen molar-refractivity contribution in [1.82, 2.24) is 20.1 Å². The number of oxazole rings is 1. The van der Waals surface area contributed by atoms with Gasteiger partial charge in [-0.05, 0) is 42.5 Å². The van der Waals surface area contributed by atoms with Crippen LogP contribution in [0.2, 0.25) is 0 Å². The minimum absolute atomic E-state index is 0.141. The Morgan fingerprint density at radius 3 is 2.78 bits per heavy atom. The molecule has 1 N–H and O–H groups in total. The maximum Gasteiger partial charge on any atom is 0.254 e. The smallest absolute Gasteiger partial charge is 0.254 e. The van der Waals surface area contributed by atoms with E-state index >= 15 is 0 Å². The number of nitrogens with one attached hydrogen (secondary N) is 1. The molecule has 0 spiro atoms. The van der Waals surface area contributed by atoms with E-state index in [4.69, 9.17) is 4.42 Å². The van der Waals surface area contributed by atoms with Gasteiger partial charge in [-0.2, -0.15) is 5.10 Å². The number of H-pyrrole nitrogens is 1. The molecule has 136 valence electrons. The van der Waals surface area contributed by atoms with Gasteiger partial charge in [-0.3, -0.25) is 9.89 Å². The van der Waals surface area contributed by atoms with Crippen molar-refractivity contribution >= 4 is 17.0 Å². The first-order chi connectivity index (χ1) is 13.0. The zero-order valence-corrected chi connectivity index (χ0v) is 14.9. The zero-order valence-electron chi connectivity index (χ0n) is 14.9. The van der Waals surface area contributed by atoms with E-state index < -0.39 is 0 Å². The van der Waals surface area contributed by atoms with Crippen molar-refractivity contribution in [2.45, 2.75) is 13.5 Å². The number of nitrogens with zero attached hydrogens (tertiary/aromatic N) is 3. The standard InChI is InChI=1S/C20H17FN4O2/c1-12-23-17-8-5-14(9-18(17)27-12)20(26)25(2)11-15-10-22-24-19(15)13-3-6-16(21)7-4-13/h3-10H,11H2,1-2H3,(H,22,24). The summed E-state index contributed by atoms with van der Waals surface area (Å²) in [6.07, 6.45) is 1.67. The Hall–Kier alpha value is -3.48. The molecule has 0 saturated carbocycles. The molecule has 1 amide bonds. The summed E-state index contributed by atoms with van der Waals surface area (Å²) in [6, 6.07) is 11.3. The molecule has 2 heterocycles. The first-order valence-electron chi connectivity index (χ1n) is 8.42. The van der Waals surface area contributed by atoms with Gasteiger partial charge >= 0.3 is 0 Å². The third-order valence-electron chi connectivity index (χ3n) is 4.35. The van der Waals surface area contributed by atoms with Gasteiger partial charge < -0.3 is 9.32 Å². The minimum atomic E-state index is -0.301. The molecule has 6 nitrogen and oxygen atoms in total. The minimum Gasteiger partial charge on any atom is -0.441 e. The van der Waals surface area contributed by atoms with Gasteiger partial charge in [-0.15, -0.1) is 0 Å². The lowest BCUT2D eigenvalue weighted by Crippen LogP contribution is -2.26. The second-order valence-corrected chi connectivity index (χ2v) is 6.35. The maximum absolute atomic E-state index is 13.2. The third-order valence-corrected chi connectivity index (χ3v) is 4.35. The molecular formula is C20H17FN4O2. The highest BCUT2D eigenvalue weighted by Crippen LogP contribution is 2.23. The first-order valence-corrected chi connectivity index (χ1v) is 8.42. The average Bonchev–Trinajstić information content (AvgIpc) is 3.26. The maximum atomic E-state index is 13.2. The zero-order chi connectivity index (χ0) is 19.0. The Labute approximate surface area is 154 Å². The van der Waals surface area contributed by atoms with Gasteiger partial charge in [0.25, 0.3) is 5.91 Å². The summed E-state index contributed by atoms with van der Waals surface area (Å²) in [4.78, 5) is 18.6. The predicted molar refractivity (Wildman–Crippen MR) is 98.5 cm³/mol. The van der Waals surface area contributed by atoms with Crippen molar-refractivity contribution in [3.05, 3.63) is 71.5 Å². The van der Waals surface area contributed by atoms with Crippen LogP contribution in [-0.2, 0) is 6.54 Å². The molecule has 0 unspecified atom stereocenters. The second kappa shape index (κ2) is 6.68. The fourth-order valence-corrected chi connectivity index (χ4v) is 3.02. The molecular weight excluding hydrogens is 347 g/mol. The van der Waals surface area contributed by atoms with Gasteiger partial charge in [0.15, 0.2) is 11.5 Å². The van der Waals surface area contributed by atoms with E-state index in [1.807, 2.05) is 0 Å². The topological polar surface area (TPSA) is 75.0 Å². The largest absolute Gasteiger partial charge is 0.441 e. The number of carbonyl (C=O) groups excluding carboxylic acids is 1. The van der Waals surface area contributed by atoms with E-state index in [1.165, 1.54) is 12.1 Å². The lowest BCUT2D eigenvalue weighted by molar-refractivity contribution is 0.0785. The lowest BCUT2D eigenvalue weighted by Gasteiger charge is -2.17. The van der Waals surface area contributed by atoms with Gasteiger partial charge in [0.1, 0.15) is 11.3 Å². The first kappa shape index (κ1) is 17.0. The van der Waals surface area contributed by atoms with Crippen molar-refractivity contribution in [1.29, 1.82) is 0 Å². The van der Waals surface area contributed by atoms with Crippen molar-refractivity contribution in [2.75, 3.05) is 7.05 Å². The van der Waals surface area contributed by atoms with Crippen LogP contribution in [0, 0.1) is 12.7 Å². The number of fused-ring (bicyclic) bond motifs is 1. The van der Waals surface area contributed by atoms with Gasteiger partial charge in [-0.1, -0.05) is 0 Å². The number of rotatable bonds is 4. The molecule has 0 aliphatic heterocycles. The summed E-state index contributed by atoms with van der Waals surface area (Å²) in [6.45, 7) is 2.12. The van der Waals surface area contributed by atoms with Gasteiger partial charge in [0.05, 0.1) is 11.9 Å². The number of aromatic amines is 1. The Kier molecular flexibility index (Phi) is 4.19. The fourth-order valence-electron chi connectivity index (χ4n) is 3.02. The summed E-state index contributed by atoms with van der Waals surface area (Å²) in [7, 11) is 1.72.